The summed E-state index contributed by atoms with van der Waals surface area (Å²) in [5, 5.41) is 11.0. The van der Waals surface area contributed by atoms with Crippen LogP contribution in [0.25, 0.3) is 0 Å². The van der Waals surface area contributed by atoms with Gasteiger partial charge in [-0.05, 0) is 12.1 Å². The normalized spacial score (nSPS) is 14.4. The van der Waals surface area contributed by atoms with Crippen molar-refractivity contribution in [3.05, 3.63) is 63.1 Å². The standard InChI is InChI=1S/C16H14ClN3O5/c17-14-2-1-12(20(23)24)9-13(14)16(22)19-6-4-18(5-7-19)15(21)11-3-8-25-10-11/h1-3,8-10H,4-7H2. The number of hydrogen-bond donors (Lipinski definition) is 0. The van der Waals surface area contributed by atoms with Crippen LogP contribution in [-0.2, 0) is 0 Å². The molecule has 0 N–H and O–H groups in total. The average Bonchev–Trinajstić information content (AvgIpc) is 3.15. The number of nitro groups is 1. The number of benzene rings is 1. The molecule has 9 heteroatoms. The smallest absolute Gasteiger partial charge is 0.270 e. The van der Waals surface area contributed by atoms with Gasteiger partial charge in [0.25, 0.3) is 17.5 Å². The zero-order valence-electron chi connectivity index (χ0n) is 13.1. The van der Waals surface area contributed by atoms with Gasteiger partial charge in [0.2, 0.25) is 0 Å². The van der Waals surface area contributed by atoms with Gasteiger partial charge in [0.1, 0.15) is 6.26 Å². The molecular formula is C16H14ClN3O5. The molecule has 0 unspecified atom stereocenters. The predicted octanol–water partition coefficient (Wildman–Crippen LogP) is 2.44. The quantitative estimate of drug-likeness (QED) is 0.616. The lowest BCUT2D eigenvalue weighted by atomic mass is 10.1. The average molecular weight is 364 g/mol. The van der Waals surface area contributed by atoms with Gasteiger partial charge in [-0.2, -0.15) is 0 Å². The minimum atomic E-state index is -0.575. The molecule has 25 heavy (non-hydrogen) atoms. The van der Waals surface area contributed by atoms with Gasteiger partial charge in [0.05, 0.1) is 27.3 Å². The molecule has 0 spiro atoms. The van der Waals surface area contributed by atoms with Gasteiger partial charge < -0.3 is 14.2 Å². The Hall–Kier alpha value is -2.87. The first-order valence-electron chi connectivity index (χ1n) is 7.52. The Morgan fingerprint density at radius 3 is 2.28 bits per heavy atom. The summed E-state index contributed by atoms with van der Waals surface area (Å²) >= 11 is 6.02. The second-order valence-corrected chi connectivity index (χ2v) is 5.92. The molecule has 0 aliphatic carbocycles. The third kappa shape index (κ3) is 3.48. The molecule has 1 fully saturated rings. The number of rotatable bonds is 3. The number of furan rings is 1. The first kappa shape index (κ1) is 17.0. The summed E-state index contributed by atoms with van der Waals surface area (Å²) in [5.74, 6) is -0.543. The van der Waals surface area contributed by atoms with E-state index < -0.39 is 4.92 Å². The molecule has 0 atom stereocenters. The van der Waals surface area contributed by atoms with E-state index in [2.05, 4.69) is 0 Å². The van der Waals surface area contributed by atoms with Gasteiger partial charge in [-0.3, -0.25) is 19.7 Å². The van der Waals surface area contributed by atoms with E-state index in [0.717, 1.165) is 0 Å². The van der Waals surface area contributed by atoms with Gasteiger partial charge in [0.15, 0.2) is 0 Å². The number of carbonyl (C=O) groups is 2. The fraction of sp³-hybridized carbons (Fsp3) is 0.250. The molecule has 1 aliphatic rings. The maximum absolute atomic E-state index is 12.6. The molecule has 1 saturated heterocycles. The SMILES string of the molecule is O=C(c1ccoc1)N1CCN(C(=O)c2cc([N+](=O)[O-])ccc2Cl)CC1. The van der Waals surface area contributed by atoms with Gasteiger partial charge in [0, 0.05) is 38.3 Å². The Balaban J connectivity index is 1.69. The Labute approximate surface area is 147 Å². The van der Waals surface area contributed by atoms with Crippen molar-refractivity contribution in [1.82, 2.24) is 9.80 Å². The van der Waals surface area contributed by atoms with Gasteiger partial charge >= 0.3 is 0 Å². The van der Waals surface area contributed by atoms with E-state index in [1.807, 2.05) is 0 Å². The lowest BCUT2D eigenvalue weighted by molar-refractivity contribution is -0.384. The van der Waals surface area contributed by atoms with Crippen molar-refractivity contribution < 1.29 is 18.9 Å². The second-order valence-electron chi connectivity index (χ2n) is 5.52. The van der Waals surface area contributed by atoms with E-state index in [1.54, 1.807) is 11.0 Å². The van der Waals surface area contributed by atoms with Crippen LogP contribution >= 0.6 is 11.6 Å². The maximum atomic E-state index is 12.6. The Morgan fingerprint density at radius 2 is 1.72 bits per heavy atom. The Bertz CT molecular complexity index is 813. The van der Waals surface area contributed by atoms with Crippen LogP contribution in [0.5, 0.6) is 0 Å². The third-order valence-electron chi connectivity index (χ3n) is 4.01. The predicted molar refractivity (Wildman–Crippen MR) is 88.6 cm³/mol. The van der Waals surface area contributed by atoms with E-state index in [4.69, 9.17) is 16.0 Å². The summed E-state index contributed by atoms with van der Waals surface area (Å²) in [6.45, 7) is 1.37. The minimum absolute atomic E-state index is 0.0884. The summed E-state index contributed by atoms with van der Waals surface area (Å²) in [4.78, 5) is 38.3. The molecule has 0 radical (unpaired) electrons. The van der Waals surface area contributed by atoms with Crippen LogP contribution in [0.2, 0.25) is 5.02 Å². The maximum Gasteiger partial charge on any atom is 0.270 e. The lowest BCUT2D eigenvalue weighted by Gasteiger charge is -2.34. The first-order valence-corrected chi connectivity index (χ1v) is 7.90. The summed E-state index contributed by atoms with van der Waals surface area (Å²) in [6.07, 6.45) is 2.81. The van der Waals surface area contributed by atoms with Crippen molar-refractivity contribution >= 4 is 29.1 Å². The zero-order valence-corrected chi connectivity index (χ0v) is 13.8. The number of carbonyl (C=O) groups excluding carboxylic acids is 2. The lowest BCUT2D eigenvalue weighted by Crippen LogP contribution is -2.50. The molecule has 130 valence electrons. The van der Waals surface area contributed by atoms with Crippen LogP contribution in [-0.4, -0.2) is 52.7 Å². The van der Waals surface area contributed by atoms with Crippen molar-refractivity contribution in [1.29, 1.82) is 0 Å². The first-order chi connectivity index (χ1) is 12.0. The molecule has 2 aromatic rings. The highest BCUT2D eigenvalue weighted by Gasteiger charge is 2.27. The minimum Gasteiger partial charge on any atom is -0.472 e. The van der Waals surface area contributed by atoms with Gasteiger partial charge in [-0.25, -0.2) is 0 Å². The molecule has 3 rings (SSSR count). The highest BCUT2D eigenvalue weighted by atomic mass is 35.5. The summed E-state index contributed by atoms with van der Waals surface area (Å²) < 4.78 is 4.91. The topological polar surface area (TPSA) is 96.9 Å². The molecule has 1 aliphatic heterocycles. The van der Waals surface area contributed by atoms with Gasteiger partial charge in [-0.1, -0.05) is 11.6 Å². The fourth-order valence-electron chi connectivity index (χ4n) is 2.64. The molecule has 0 bridgehead atoms. The molecule has 1 aromatic carbocycles. The number of amides is 2. The van der Waals surface area contributed by atoms with E-state index in [-0.39, 0.29) is 28.1 Å². The van der Waals surface area contributed by atoms with Crippen LogP contribution < -0.4 is 0 Å². The number of halogens is 1. The molecule has 0 saturated carbocycles. The Morgan fingerprint density at radius 1 is 1.08 bits per heavy atom. The summed E-state index contributed by atoms with van der Waals surface area (Å²) in [5.41, 5.74) is 0.355. The van der Waals surface area contributed by atoms with E-state index >= 15 is 0 Å². The number of nitro benzene ring substituents is 1. The zero-order chi connectivity index (χ0) is 18.0. The highest BCUT2D eigenvalue weighted by Crippen LogP contribution is 2.24. The number of non-ortho nitro benzene ring substituents is 1. The van der Waals surface area contributed by atoms with Crippen molar-refractivity contribution in [3.63, 3.8) is 0 Å². The fourth-order valence-corrected chi connectivity index (χ4v) is 2.84. The van der Waals surface area contributed by atoms with Crippen molar-refractivity contribution in [2.24, 2.45) is 0 Å². The van der Waals surface area contributed by atoms with E-state index in [9.17, 15) is 19.7 Å². The number of nitrogens with zero attached hydrogens (tertiary/aromatic N) is 3. The molecular weight excluding hydrogens is 350 g/mol. The van der Waals surface area contributed by atoms with Crippen molar-refractivity contribution in [2.75, 3.05) is 26.2 Å². The van der Waals surface area contributed by atoms with Crippen LogP contribution in [0.15, 0.2) is 41.2 Å². The molecule has 8 nitrogen and oxygen atoms in total. The van der Waals surface area contributed by atoms with Crippen LogP contribution in [0.3, 0.4) is 0 Å². The van der Waals surface area contributed by atoms with Crippen molar-refractivity contribution in [2.45, 2.75) is 0 Å². The summed E-state index contributed by atoms with van der Waals surface area (Å²) in [6, 6.07) is 5.35. The van der Waals surface area contributed by atoms with E-state index in [0.29, 0.717) is 31.7 Å². The van der Waals surface area contributed by atoms with Crippen LogP contribution in [0, 0.1) is 10.1 Å². The Kier molecular flexibility index (Phi) is 4.71. The number of piperazine rings is 1. The molecule has 2 amide bonds. The largest absolute Gasteiger partial charge is 0.472 e. The monoisotopic (exact) mass is 363 g/mol. The highest BCUT2D eigenvalue weighted by molar-refractivity contribution is 6.33. The third-order valence-corrected chi connectivity index (χ3v) is 4.34. The number of hydrogen-bond acceptors (Lipinski definition) is 5. The van der Waals surface area contributed by atoms with Crippen LogP contribution in [0.1, 0.15) is 20.7 Å². The second kappa shape index (κ2) is 6.94. The van der Waals surface area contributed by atoms with Crippen LogP contribution in [0.4, 0.5) is 5.69 Å². The van der Waals surface area contributed by atoms with E-state index in [1.165, 1.54) is 35.6 Å². The molecule has 1 aromatic heterocycles. The molecule has 2 heterocycles. The van der Waals surface area contributed by atoms with Crippen molar-refractivity contribution in [3.8, 4) is 0 Å². The van der Waals surface area contributed by atoms with Gasteiger partial charge in [-0.15, -0.1) is 0 Å². The summed E-state index contributed by atoms with van der Waals surface area (Å²) in [7, 11) is 0.